The van der Waals surface area contributed by atoms with E-state index in [9.17, 15) is 0 Å². The Morgan fingerprint density at radius 3 is 2.15 bits per heavy atom. The molecule has 2 rings (SSSR count). The van der Waals surface area contributed by atoms with Gasteiger partial charge in [-0.3, -0.25) is 0 Å². The largest absolute Gasteiger partial charge is 0.0998 e. The van der Waals surface area contributed by atoms with Crippen LogP contribution in [0.25, 0.3) is 0 Å². The van der Waals surface area contributed by atoms with Crippen molar-refractivity contribution in [1.29, 1.82) is 0 Å². The number of benzene rings is 1. The molecular weight excluding hydrogens is 156 g/mol. The first-order valence-electron chi connectivity index (χ1n) is 4.84. The van der Waals surface area contributed by atoms with Crippen molar-refractivity contribution in [2.45, 2.75) is 32.1 Å². The van der Waals surface area contributed by atoms with Crippen LogP contribution >= 0.6 is 0 Å². The van der Waals surface area contributed by atoms with Gasteiger partial charge in [0, 0.05) is 0 Å². The van der Waals surface area contributed by atoms with Gasteiger partial charge < -0.3 is 0 Å². The molecule has 0 nitrogen and oxygen atoms in total. The number of hydrogen-bond donors (Lipinski definition) is 0. The maximum Gasteiger partial charge on any atom is -0.000127 e. The van der Waals surface area contributed by atoms with Crippen LogP contribution in [0.2, 0.25) is 0 Å². The Hall–Kier alpha value is -1.04. The molecule has 1 aliphatic carbocycles. The van der Waals surface area contributed by atoms with Crippen LogP contribution < -0.4 is 0 Å². The molecule has 0 N–H and O–H groups in total. The molecule has 0 amide bonds. The van der Waals surface area contributed by atoms with Crippen LogP contribution in [0, 0.1) is 6.92 Å². The highest BCUT2D eigenvalue weighted by Crippen LogP contribution is 2.46. The van der Waals surface area contributed by atoms with Gasteiger partial charge in [-0.2, -0.15) is 0 Å². The summed E-state index contributed by atoms with van der Waals surface area (Å²) in [5.41, 5.74) is 4.57. The lowest BCUT2D eigenvalue weighted by Crippen LogP contribution is -2.32. The molecule has 13 heavy (non-hydrogen) atoms. The Morgan fingerprint density at radius 1 is 1.15 bits per heavy atom. The summed E-state index contributed by atoms with van der Waals surface area (Å²) in [5, 5.41) is 0. The average Bonchev–Trinajstić information content (AvgIpc) is 2.03. The summed E-state index contributed by atoms with van der Waals surface area (Å²) < 4.78 is 0. The maximum atomic E-state index is 4.00. The van der Waals surface area contributed by atoms with Crippen molar-refractivity contribution in [2.24, 2.45) is 0 Å². The van der Waals surface area contributed by atoms with Gasteiger partial charge >= 0.3 is 0 Å². The minimum Gasteiger partial charge on any atom is -0.0998 e. The molecule has 1 fully saturated rings. The van der Waals surface area contributed by atoms with Gasteiger partial charge in [-0.25, -0.2) is 0 Å². The van der Waals surface area contributed by atoms with Crippen molar-refractivity contribution in [1.82, 2.24) is 0 Å². The van der Waals surface area contributed by atoms with Crippen molar-refractivity contribution >= 4 is 0 Å². The Labute approximate surface area is 80.3 Å². The second-order valence-electron chi connectivity index (χ2n) is 4.53. The third kappa shape index (κ3) is 1.41. The first kappa shape index (κ1) is 8.55. The highest BCUT2D eigenvalue weighted by molar-refractivity contribution is 5.35. The quantitative estimate of drug-likeness (QED) is 0.568. The van der Waals surface area contributed by atoms with Gasteiger partial charge in [0.2, 0.25) is 0 Å². The predicted molar refractivity (Wildman–Crippen MR) is 56.9 cm³/mol. The Bertz CT molecular complexity index is 322. The topological polar surface area (TPSA) is 0 Å². The Kier molecular flexibility index (Phi) is 1.80. The second-order valence-corrected chi connectivity index (χ2v) is 4.53. The molecule has 1 aromatic rings. The Morgan fingerprint density at radius 2 is 1.69 bits per heavy atom. The average molecular weight is 172 g/mol. The summed E-state index contributed by atoms with van der Waals surface area (Å²) in [5.74, 6) is 0. The molecule has 1 saturated carbocycles. The summed E-state index contributed by atoms with van der Waals surface area (Å²) in [4.78, 5) is 0. The molecule has 0 heterocycles. The summed E-state index contributed by atoms with van der Waals surface area (Å²) in [6.45, 7) is 8.46. The summed E-state index contributed by atoms with van der Waals surface area (Å²) in [7, 11) is 0. The lowest BCUT2D eigenvalue weighted by molar-refractivity contribution is 0.368. The summed E-state index contributed by atoms with van der Waals surface area (Å²) in [6.07, 6.45) is 2.33. The molecule has 0 bridgehead atoms. The van der Waals surface area contributed by atoms with Crippen molar-refractivity contribution in [3.05, 3.63) is 47.5 Å². The second kappa shape index (κ2) is 2.73. The molecule has 1 aliphatic rings. The first-order valence-corrected chi connectivity index (χ1v) is 4.84. The van der Waals surface area contributed by atoms with Crippen LogP contribution in [0.5, 0.6) is 0 Å². The van der Waals surface area contributed by atoms with Gasteiger partial charge in [0.15, 0.2) is 0 Å². The molecule has 0 aromatic heterocycles. The van der Waals surface area contributed by atoms with E-state index in [0.717, 1.165) is 12.8 Å². The SMILES string of the molecule is C=C1CC(C)(c2ccc(C)cc2)C1. The minimum absolute atomic E-state index is 0.380. The van der Waals surface area contributed by atoms with Crippen LogP contribution in [-0.2, 0) is 5.41 Å². The third-order valence-electron chi connectivity index (χ3n) is 3.03. The molecule has 0 aliphatic heterocycles. The molecule has 0 spiro atoms. The standard InChI is InChI=1S/C13H16/c1-10-4-6-12(7-5-10)13(3)8-11(2)9-13/h4-7H,2,8-9H2,1,3H3. The zero-order valence-corrected chi connectivity index (χ0v) is 8.43. The van der Waals surface area contributed by atoms with Gasteiger partial charge in [-0.05, 0) is 30.7 Å². The number of allylic oxidation sites excluding steroid dienone is 1. The van der Waals surface area contributed by atoms with E-state index in [1.807, 2.05) is 0 Å². The van der Waals surface area contributed by atoms with E-state index in [4.69, 9.17) is 0 Å². The maximum absolute atomic E-state index is 4.00. The normalized spacial score (nSPS) is 19.7. The van der Waals surface area contributed by atoms with Gasteiger partial charge in [0.05, 0.1) is 0 Å². The van der Waals surface area contributed by atoms with Gasteiger partial charge in [0.1, 0.15) is 0 Å². The van der Waals surface area contributed by atoms with Crippen molar-refractivity contribution in [3.63, 3.8) is 0 Å². The summed E-state index contributed by atoms with van der Waals surface area (Å²) in [6, 6.07) is 8.90. The molecule has 0 saturated heterocycles. The minimum atomic E-state index is 0.380. The first-order chi connectivity index (χ1) is 6.10. The van der Waals surface area contributed by atoms with E-state index in [-0.39, 0.29) is 0 Å². The zero-order chi connectivity index (χ0) is 9.47. The van der Waals surface area contributed by atoms with Crippen molar-refractivity contribution in [3.8, 4) is 0 Å². The predicted octanol–water partition coefficient (Wildman–Crippen LogP) is 3.60. The van der Waals surface area contributed by atoms with Crippen LogP contribution in [0.15, 0.2) is 36.4 Å². The monoisotopic (exact) mass is 172 g/mol. The third-order valence-corrected chi connectivity index (χ3v) is 3.03. The molecule has 0 radical (unpaired) electrons. The van der Waals surface area contributed by atoms with E-state index in [0.29, 0.717) is 5.41 Å². The van der Waals surface area contributed by atoms with E-state index in [1.165, 1.54) is 16.7 Å². The van der Waals surface area contributed by atoms with E-state index < -0.39 is 0 Å². The lowest BCUT2D eigenvalue weighted by Gasteiger charge is -2.41. The summed E-state index contributed by atoms with van der Waals surface area (Å²) >= 11 is 0. The van der Waals surface area contributed by atoms with Crippen LogP contribution in [0.4, 0.5) is 0 Å². The fraction of sp³-hybridized carbons (Fsp3) is 0.385. The molecule has 68 valence electrons. The molecular formula is C13H16. The number of aryl methyl sites for hydroxylation is 1. The molecule has 1 aromatic carbocycles. The fourth-order valence-corrected chi connectivity index (χ4v) is 2.21. The lowest BCUT2D eigenvalue weighted by atomic mass is 9.63. The number of hydrogen-bond acceptors (Lipinski definition) is 0. The van der Waals surface area contributed by atoms with Gasteiger partial charge in [0.25, 0.3) is 0 Å². The van der Waals surface area contributed by atoms with Crippen LogP contribution in [0.1, 0.15) is 30.9 Å². The van der Waals surface area contributed by atoms with Crippen LogP contribution in [-0.4, -0.2) is 0 Å². The molecule has 0 unspecified atom stereocenters. The fourth-order valence-electron chi connectivity index (χ4n) is 2.21. The van der Waals surface area contributed by atoms with Crippen molar-refractivity contribution in [2.75, 3.05) is 0 Å². The van der Waals surface area contributed by atoms with Gasteiger partial charge in [-0.1, -0.05) is 48.9 Å². The molecule has 0 atom stereocenters. The Balaban J connectivity index is 2.26. The van der Waals surface area contributed by atoms with Gasteiger partial charge in [-0.15, -0.1) is 0 Å². The van der Waals surface area contributed by atoms with E-state index >= 15 is 0 Å². The zero-order valence-electron chi connectivity index (χ0n) is 8.43. The van der Waals surface area contributed by atoms with E-state index in [2.05, 4.69) is 44.7 Å². The smallest absolute Gasteiger partial charge is 0.000127 e. The number of rotatable bonds is 1. The molecule has 0 heteroatoms. The van der Waals surface area contributed by atoms with Crippen LogP contribution in [0.3, 0.4) is 0 Å². The highest BCUT2D eigenvalue weighted by Gasteiger charge is 2.36. The van der Waals surface area contributed by atoms with Crippen molar-refractivity contribution < 1.29 is 0 Å². The highest BCUT2D eigenvalue weighted by atomic mass is 14.4. The van der Waals surface area contributed by atoms with E-state index in [1.54, 1.807) is 0 Å².